The Kier molecular flexibility index (Phi) is 4.98. The summed E-state index contributed by atoms with van der Waals surface area (Å²) < 4.78 is 25.4. The van der Waals surface area contributed by atoms with Crippen LogP contribution in [0.5, 0.6) is 0 Å². The molecule has 0 radical (unpaired) electrons. The highest BCUT2D eigenvalue weighted by Gasteiger charge is 2.28. The molecule has 1 unspecified atom stereocenters. The highest BCUT2D eigenvalue weighted by molar-refractivity contribution is 9.08. The van der Waals surface area contributed by atoms with E-state index >= 15 is 0 Å². The Morgan fingerprint density at radius 1 is 1.42 bits per heavy atom. The third-order valence-corrected chi connectivity index (χ3v) is 4.06. The number of hydrogen-bond donors (Lipinski definition) is 0. The van der Waals surface area contributed by atoms with E-state index in [2.05, 4.69) is 15.9 Å². The Bertz CT molecular complexity index is 428. The second-order valence-electron chi connectivity index (χ2n) is 5.36. The molecule has 2 rings (SSSR count). The highest BCUT2D eigenvalue weighted by atomic mass is 79.9. The van der Waals surface area contributed by atoms with Crippen LogP contribution in [0.2, 0.25) is 0 Å². The lowest BCUT2D eigenvalue weighted by Gasteiger charge is -2.33. The van der Waals surface area contributed by atoms with Gasteiger partial charge in [0.2, 0.25) is 0 Å². The molecule has 2 nitrogen and oxygen atoms in total. The molecule has 0 aromatic heterocycles. The number of rotatable bonds is 4. The molecule has 0 N–H and O–H groups in total. The Balaban J connectivity index is 2.11. The number of ether oxygens (including phenoxy) is 2. The summed E-state index contributed by atoms with van der Waals surface area (Å²) in [4.78, 5) is 0. The summed E-state index contributed by atoms with van der Waals surface area (Å²) in [6.07, 6.45) is 2.94. The smallest absolute Gasteiger partial charge is 0.158 e. The quantitative estimate of drug-likeness (QED) is 0.757. The van der Waals surface area contributed by atoms with Gasteiger partial charge in [-0.25, -0.2) is 4.39 Å². The van der Waals surface area contributed by atoms with Crippen molar-refractivity contribution in [2.24, 2.45) is 0 Å². The van der Waals surface area contributed by atoms with E-state index in [1.54, 1.807) is 12.1 Å². The van der Waals surface area contributed by atoms with Gasteiger partial charge in [-0.15, -0.1) is 0 Å². The molecule has 0 spiro atoms. The van der Waals surface area contributed by atoms with Crippen LogP contribution in [0.4, 0.5) is 4.39 Å². The van der Waals surface area contributed by atoms with Crippen molar-refractivity contribution in [1.82, 2.24) is 0 Å². The number of benzene rings is 1. The molecule has 1 aliphatic heterocycles. The van der Waals surface area contributed by atoms with Crippen LogP contribution >= 0.6 is 15.9 Å². The second-order valence-corrected chi connectivity index (χ2v) is 5.92. The summed E-state index contributed by atoms with van der Waals surface area (Å²) in [6.45, 7) is 4.65. The standard InChI is InChI=1S/C15H20BrFO2/c1-15(2,19-14-5-3-4-8-18-14)12-7-6-11(10-16)13(17)9-12/h6-7,9,14H,3-5,8,10H2,1-2H3. The maximum absolute atomic E-state index is 13.8. The fourth-order valence-electron chi connectivity index (χ4n) is 2.23. The minimum absolute atomic E-state index is 0.178. The number of alkyl halides is 1. The van der Waals surface area contributed by atoms with Crippen LogP contribution in [0.15, 0.2) is 18.2 Å². The van der Waals surface area contributed by atoms with Gasteiger partial charge in [0.05, 0.1) is 5.60 Å². The zero-order chi connectivity index (χ0) is 13.9. The first-order chi connectivity index (χ1) is 9.03. The average Bonchev–Trinajstić information content (AvgIpc) is 2.39. The summed E-state index contributed by atoms with van der Waals surface area (Å²) in [6, 6.07) is 5.27. The van der Waals surface area contributed by atoms with Crippen LogP contribution in [0, 0.1) is 5.82 Å². The van der Waals surface area contributed by atoms with Crippen molar-refractivity contribution in [3.05, 3.63) is 35.1 Å². The molecule has 0 amide bonds. The number of halogens is 2. The number of hydrogen-bond acceptors (Lipinski definition) is 2. The van der Waals surface area contributed by atoms with E-state index in [1.807, 2.05) is 19.9 Å². The monoisotopic (exact) mass is 330 g/mol. The van der Waals surface area contributed by atoms with Crippen molar-refractivity contribution < 1.29 is 13.9 Å². The van der Waals surface area contributed by atoms with Gasteiger partial charge in [-0.05, 0) is 50.3 Å². The molecule has 1 aromatic carbocycles. The van der Waals surface area contributed by atoms with E-state index in [0.29, 0.717) is 10.9 Å². The van der Waals surface area contributed by atoms with Crippen LogP contribution in [0.3, 0.4) is 0 Å². The van der Waals surface area contributed by atoms with E-state index < -0.39 is 5.60 Å². The average molecular weight is 331 g/mol. The van der Waals surface area contributed by atoms with Gasteiger partial charge in [0.15, 0.2) is 6.29 Å². The molecule has 1 heterocycles. The molecular weight excluding hydrogens is 311 g/mol. The topological polar surface area (TPSA) is 18.5 Å². The van der Waals surface area contributed by atoms with Crippen LogP contribution in [0.1, 0.15) is 44.2 Å². The third-order valence-electron chi connectivity index (χ3n) is 3.46. The third kappa shape index (κ3) is 3.77. The lowest BCUT2D eigenvalue weighted by atomic mass is 9.96. The molecule has 1 fully saturated rings. The van der Waals surface area contributed by atoms with Crippen molar-refractivity contribution in [2.45, 2.75) is 50.3 Å². The van der Waals surface area contributed by atoms with Crippen molar-refractivity contribution in [3.8, 4) is 0 Å². The molecule has 4 heteroatoms. The Hall–Kier alpha value is -0.450. The van der Waals surface area contributed by atoms with E-state index in [4.69, 9.17) is 9.47 Å². The first-order valence-corrected chi connectivity index (χ1v) is 7.79. The first-order valence-electron chi connectivity index (χ1n) is 6.67. The van der Waals surface area contributed by atoms with Gasteiger partial charge >= 0.3 is 0 Å². The predicted molar refractivity (Wildman–Crippen MR) is 76.7 cm³/mol. The summed E-state index contributed by atoms with van der Waals surface area (Å²) in [5.74, 6) is -0.199. The lowest BCUT2D eigenvalue weighted by Crippen LogP contribution is -2.32. The normalized spacial score (nSPS) is 20.5. The molecule has 1 aliphatic rings. The van der Waals surface area contributed by atoms with Gasteiger partial charge < -0.3 is 9.47 Å². The molecule has 0 saturated carbocycles. The molecule has 106 valence electrons. The maximum Gasteiger partial charge on any atom is 0.158 e. The van der Waals surface area contributed by atoms with Crippen LogP contribution in [0.25, 0.3) is 0 Å². The first kappa shape index (κ1) is 14.9. The molecule has 1 aromatic rings. The van der Waals surface area contributed by atoms with E-state index in [-0.39, 0.29) is 12.1 Å². The SMILES string of the molecule is CC(C)(OC1CCCCO1)c1ccc(CBr)c(F)c1. The van der Waals surface area contributed by atoms with Crippen LogP contribution in [-0.4, -0.2) is 12.9 Å². The molecule has 1 saturated heterocycles. The molecule has 0 aliphatic carbocycles. The van der Waals surface area contributed by atoms with Crippen molar-refractivity contribution in [2.75, 3.05) is 6.61 Å². The summed E-state index contributed by atoms with van der Waals surface area (Å²) in [5, 5.41) is 0.520. The Morgan fingerprint density at radius 3 is 2.79 bits per heavy atom. The zero-order valence-corrected chi connectivity index (χ0v) is 13.0. The van der Waals surface area contributed by atoms with E-state index in [0.717, 1.165) is 31.4 Å². The van der Waals surface area contributed by atoms with Crippen LogP contribution in [-0.2, 0) is 20.4 Å². The van der Waals surface area contributed by atoms with Gasteiger partial charge in [0.1, 0.15) is 5.82 Å². The minimum atomic E-state index is -0.548. The fourth-order valence-corrected chi connectivity index (χ4v) is 2.69. The Morgan fingerprint density at radius 2 is 2.21 bits per heavy atom. The van der Waals surface area contributed by atoms with Gasteiger partial charge in [-0.2, -0.15) is 0 Å². The van der Waals surface area contributed by atoms with Gasteiger partial charge in [0.25, 0.3) is 0 Å². The molecule has 19 heavy (non-hydrogen) atoms. The lowest BCUT2D eigenvalue weighted by molar-refractivity contribution is -0.219. The van der Waals surface area contributed by atoms with Crippen molar-refractivity contribution in [3.63, 3.8) is 0 Å². The maximum atomic E-state index is 13.8. The minimum Gasteiger partial charge on any atom is -0.353 e. The predicted octanol–water partition coefficient (Wildman–Crippen LogP) is 4.50. The Labute approximate surface area is 122 Å². The van der Waals surface area contributed by atoms with Crippen LogP contribution < -0.4 is 0 Å². The summed E-state index contributed by atoms with van der Waals surface area (Å²) >= 11 is 3.27. The fraction of sp³-hybridized carbons (Fsp3) is 0.600. The molecule has 0 bridgehead atoms. The van der Waals surface area contributed by atoms with Gasteiger partial charge in [-0.3, -0.25) is 0 Å². The summed E-state index contributed by atoms with van der Waals surface area (Å²) in [5.41, 5.74) is 0.950. The molecular formula is C15H20BrFO2. The largest absolute Gasteiger partial charge is 0.353 e. The molecule has 1 atom stereocenters. The zero-order valence-electron chi connectivity index (χ0n) is 11.4. The highest BCUT2D eigenvalue weighted by Crippen LogP contribution is 2.30. The van der Waals surface area contributed by atoms with Gasteiger partial charge in [0, 0.05) is 11.9 Å². The van der Waals surface area contributed by atoms with Crippen molar-refractivity contribution in [1.29, 1.82) is 0 Å². The van der Waals surface area contributed by atoms with Crippen molar-refractivity contribution >= 4 is 15.9 Å². The van der Waals surface area contributed by atoms with Gasteiger partial charge in [-0.1, -0.05) is 28.1 Å². The second kappa shape index (κ2) is 6.33. The summed E-state index contributed by atoms with van der Waals surface area (Å²) in [7, 11) is 0. The van der Waals surface area contributed by atoms with E-state index in [9.17, 15) is 4.39 Å². The van der Waals surface area contributed by atoms with E-state index in [1.165, 1.54) is 0 Å².